The molecule has 0 bridgehead atoms. The fraction of sp³-hybridized carbons (Fsp3) is 0.364. The molecule has 1 amide bonds. The average molecular weight is 308 g/mol. The van der Waals surface area contributed by atoms with Crippen molar-refractivity contribution in [3.63, 3.8) is 0 Å². The van der Waals surface area contributed by atoms with Crippen LogP contribution in [0.15, 0.2) is 18.2 Å². The lowest BCUT2D eigenvalue weighted by Gasteiger charge is -2.20. The summed E-state index contributed by atoms with van der Waals surface area (Å²) in [5.74, 6) is -0.100. The molecule has 0 saturated heterocycles. The van der Waals surface area contributed by atoms with Crippen molar-refractivity contribution >= 4 is 27.5 Å². The summed E-state index contributed by atoms with van der Waals surface area (Å²) in [4.78, 5) is 9.43. The predicted octanol–water partition coefficient (Wildman–Crippen LogP) is 3.57. The summed E-state index contributed by atoms with van der Waals surface area (Å²) in [6.45, 7) is 0. The van der Waals surface area contributed by atoms with Crippen LogP contribution in [0.4, 0.5) is 18.9 Å². The summed E-state index contributed by atoms with van der Waals surface area (Å²) in [5.41, 5.74) is 1.51. The van der Waals surface area contributed by atoms with Gasteiger partial charge in [0.1, 0.15) is 4.83 Å². The number of aryl methyl sites for hydroxylation is 1. The summed E-state index contributed by atoms with van der Waals surface area (Å²) in [5, 5.41) is 2.63. The van der Waals surface area contributed by atoms with Gasteiger partial charge in [-0.05, 0) is 23.6 Å². The number of halogens is 4. The van der Waals surface area contributed by atoms with Crippen LogP contribution in [0.5, 0.6) is 0 Å². The summed E-state index contributed by atoms with van der Waals surface area (Å²) in [6.07, 6.45) is -3.52. The first kappa shape index (κ1) is 12.4. The van der Waals surface area contributed by atoms with E-state index in [4.69, 9.17) is 0 Å². The molecule has 0 spiro atoms. The Balaban J connectivity index is 2.31. The van der Waals surface area contributed by atoms with Gasteiger partial charge >= 0.3 is 6.18 Å². The van der Waals surface area contributed by atoms with Crippen LogP contribution in [-0.4, -0.2) is 12.1 Å². The highest BCUT2D eigenvalue weighted by Crippen LogP contribution is 2.40. The molecule has 1 unspecified atom stereocenters. The lowest BCUT2D eigenvalue weighted by molar-refractivity contribution is -0.128. The predicted molar refractivity (Wildman–Crippen MR) is 61.1 cm³/mol. The molecule has 0 radical (unpaired) electrons. The van der Waals surface area contributed by atoms with Crippen molar-refractivity contribution < 1.29 is 18.0 Å². The van der Waals surface area contributed by atoms with Crippen LogP contribution in [0.25, 0.3) is 0 Å². The van der Waals surface area contributed by atoms with E-state index in [0.717, 1.165) is 5.56 Å². The minimum Gasteiger partial charge on any atom is -0.326 e. The van der Waals surface area contributed by atoms with Crippen LogP contribution in [0.3, 0.4) is 0 Å². The molecule has 1 aromatic rings. The Morgan fingerprint density at radius 2 is 2.00 bits per heavy atom. The van der Waals surface area contributed by atoms with E-state index in [-0.39, 0.29) is 11.5 Å². The zero-order chi connectivity index (χ0) is 12.6. The number of hydrogen-bond donors (Lipinski definition) is 1. The standard InChI is InChI=1S/C11H9BrF3NO/c12-10(11(13,14)15)7-1-3-8-6(5-7)2-4-9(17)16-8/h1,3,5,10H,2,4H2,(H,16,17). The Labute approximate surface area is 104 Å². The number of rotatable bonds is 1. The van der Waals surface area contributed by atoms with Crippen LogP contribution in [-0.2, 0) is 11.2 Å². The van der Waals surface area contributed by atoms with Crippen LogP contribution in [0, 0.1) is 0 Å². The zero-order valence-electron chi connectivity index (χ0n) is 8.64. The number of anilines is 1. The van der Waals surface area contributed by atoms with Crippen molar-refractivity contribution in [1.29, 1.82) is 0 Å². The van der Waals surface area contributed by atoms with Crippen LogP contribution >= 0.6 is 15.9 Å². The minimum atomic E-state index is -4.31. The van der Waals surface area contributed by atoms with E-state index in [0.29, 0.717) is 18.5 Å². The smallest absolute Gasteiger partial charge is 0.326 e. The maximum atomic E-state index is 12.5. The fourth-order valence-electron chi connectivity index (χ4n) is 1.75. The number of carbonyl (C=O) groups is 1. The van der Waals surface area contributed by atoms with Crippen LogP contribution in [0.2, 0.25) is 0 Å². The second kappa shape index (κ2) is 4.33. The molecule has 0 aromatic heterocycles. The molecular weight excluding hydrogens is 299 g/mol. The van der Waals surface area contributed by atoms with E-state index < -0.39 is 11.0 Å². The number of alkyl halides is 4. The quantitative estimate of drug-likeness (QED) is 0.790. The van der Waals surface area contributed by atoms with Gasteiger partial charge in [-0.15, -0.1) is 0 Å². The number of amides is 1. The highest BCUT2D eigenvalue weighted by atomic mass is 79.9. The normalized spacial score (nSPS) is 17.3. The van der Waals surface area contributed by atoms with Gasteiger partial charge in [-0.25, -0.2) is 0 Å². The molecule has 0 saturated carbocycles. The summed E-state index contributed by atoms with van der Waals surface area (Å²) in [6, 6.07) is 4.38. The number of fused-ring (bicyclic) bond motifs is 1. The van der Waals surface area contributed by atoms with E-state index in [1.54, 1.807) is 0 Å². The van der Waals surface area contributed by atoms with Crippen molar-refractivity contribution in [3.8, 4) is 0 Å². The molecule has 1 aliphatic heterocycles. The number of benzene rings is 1. The molecule has 1 atom stereocenters. The monoisotopic (exact) mass is 307 g/mol. The highest BCUT2D eigenvalue weighted by molar-refractivity contribution is 9.09. The first-order valence-electron chi connectivity index (χ1n) is 5.01. The first-order valence-corrected chi connectivity index (χ1v) is 5.93. The average Bonchev–Trinajstić information content (AvgIpc) is 2.26. The molecule has 2 nitrogen and oxygen atoms in total. The molecule has 1 heterocycles. The third-order valence-corrected chi connectivity index (χ3v) is 3.65. The molecule has 1 aliphatic rings. The van der Waals surface area contributed by atoms with Gasteiger partial charge in [0.05, 0.1) is 0 Å². The van der Waals surface area contributed by atoms with Gasteiger partial charge in [0.25, 0.3) is 0 Å². The van der Waals surface area contributed by atoms with Crippen molar-refractivity contribution in [1.82, 2.24) is 0 Å². The Kier molecular flexibility index (Phi) is 3.16. The number of nitrogens with one attached hydrogen (secondary N) is 1. The SMILES string of the molecule is O=C1CCc2cc(C(Br)C(F)(F)F)ccc2N1. The van der Waals surface area contributed by atoms with Crippen LogP contribution in [0.1, 0.15) is 22.4 Å². The Bertz CT molecular complexity index is 459. The van der Waals surface area contributed by atoms with Gasteiger partial charge in [-0.2, -0.15) is 13.2 Å². The van der Waals surface area contributed by atoms with E-state index in [1.165, 1.54) is 18.2 Å². The molecule has 2 rings (SSSR count). The lowest BCUT2D eigenvalue weighted by atomic mass is 9.99. The van der Waals surface area contributed by atoms with E-state index in [2.05, 4.69) is 21.2 Å². The van der Waals surface area contributed by atoms with Gasteiger partial charge in [-0.3, -0.25) is 4.79 Å². The third-order valence-electron chi connectivity index (χ3n) is 2.60. The highest BCUT2D eigenvalue weighted by Gasteiger charge is 2.39. The van der Waals surface area contributed by atoms with Crippen molar-refractivity contribution in [2.45, 2.75) is 23.8 Å². The Morgan fingerprint density at radius 1 is 1.29 bits per heavy atom. The molecule has 6 heteroatoms. The zero-order valence-corrected chi connectivity index (χ0v) is 10.2. The minimum absolute atomic E-state index is 0.100. The molecular formula is C11H9BrF3NO. The summed E-state index contributed by atoms with van der Waals surface area (Å²) < 4.78 is 37.5. The molecule has 0 fully saturated rings. The Hall–Kier alpha value is -1.04. The second-order valence-corrected chi connectivity index (χ2v) is 4.78. The largest absolute Gasteiger partial charge is 0.405 e. The molecule has 0 aliphatic carbocycles. The van der Waals surface area contributed by atoms with Crippen LogP contribution < -0.4 is 5.32 Å². The topological polar surface area (TPSA) is 29.1 Å². The fourth-order valence-corrected chi connectivity index (χ4v) is 2.03. The molecule has 17 heavy (non-hydrogen) atoms. The number of hydrogen-bond acceptors (Lipinski definition) is 1. The van der Waals surface area contributed by atoms with Gasteiger partial charge in [0.15, 0.2) is 0 Å². The second-order valence-electron chi connectivity index (χ2n) is 3.87. The van der Waals surface area contributed by atoms with E-state index in [1.807, 2.05) is 0 Å². The van der Waals surface area contributed by atoms with Crippen molar-refractivity contribution in [2.75, 3.05) is 5.32 Å². The van der Waals surface area contributed by atoms with E-state index in [9.17, 15) is 18.0 Å². The van der Waals surface area contributed by atoms with Crippen molar-refractivity contribution in [3.05, 3.63) is 29.3 Å². The third kappa shape index (κ3) is 2.62. The van der Waals surface area contributed by atoms with Crippen molar-refractivity contribution in [2.24, 2.45) is 0 Å². The maximum absolute atomic E-state index is 12.5. The summed E-state index contributed by atoms with van der Waals surface area (Å²) >= 11 is 2.63. The maximum Gasteiger partial charge on any atom is 0.405 e. The molecule has 92 valence electrons. The molecule has 1 N–H and O–H groups in total. The summed E-state index contributed by atoms with van der Waals surface area (Å²) in [7, 11) is 0. The van der Waals surface area contributed by atoms with Gasteiger partial charge in [0, 0.05) is 12.1 Å². The van der Waals surface area contributed by atoms with Gasteiger partial charge < -0.3 is 5.32 Å². The molecule has 1 aromatic carbocycles. The Morgan fingerprint density at radius 3 is 2.65 bits per heavy atom. The van der Waals surface area contributed by atoms with Gasteiger partial charge in [0.2, 0.25) is 5.91 Å². The van der Waals surface area contributed by atoms with E-state index >= 15 is 0 Å². The van der Waals surface area contributed by atoms with Gasteiger partial charge in [-0.1, -0.05) is 28.1 Å². The number of carbonyl (C=O) groups excluding carboxylic acids is 1. The lowest BCUT2D eigenvalue weighted by Crippen LogP contribution is -2.20. The first-order chi connectivity index (χ1) is 7.88.